The molecule has 310 valence electrons. The van der Waals surface area contributed by atoms with E-state index in [0.717, 1.165) is 33.9 Å². The summed E-state index contributed by atoms with van der Waals surface area (Å²) in [6.07, 6.45) is 0. The van der Waals surface area contributed by atoms with Crippen molar-refractivity contribution in [2.24, 2.45) is 0 Å². The maximum Gasteiger partial charge on any atom is 0.0547 e. The molecule has 0 fully saturated rings. The highest BCUT2D eigenvalue weighted by molar-refractivity contribution is 6.13. The summed E-state index contributed by atoms with van der Waals surface area (Å²) in [7, 11) is 0. The Balaban J connectivity index is 0.949. The molecule has 0 spiro atoms. The van der Waals surface area contributed by atoms with Crippen molar-refractivity contribution >= 4 is 49.6 Å². The number of fused-ring (bicyclic) bond motifs is 4. The van der Waals surface area contributed by atoms with E-state index in [1.165, 1.54) is 77.1 Å². The zero-order chi connectivity index (χ0) is 43.8. The number of anilines is 3. The van der Waals surface area contributed by atoms with Gasteiger partial charge in [-0.25, -0.2) is 0 Å². The fourth-order valence-electron chi connectivity index (χ4n) is 9.61. The van der Waals surface area contributed by atoms with Gasteiger partial charge in [0.15, 0.2) is 0 Å². The summed E-state index contributed by atoms with van der Waals surface area (Å²) < 4.78 is 2.45. The van der Waals surface area contributed by atoms with Gasteiger partial charge in [0, 0.05) is 33.5 Å². The van der Waals surface area contributed by atoms with Crippen molar-refractivity contribution in [1.29, 1.82) is 0 Å². The number of rotatable bonds is 9. The van der Waals surface area contributed by atoms with Crippen LogP contribution in [0.5, 0.6) is 0 Å². The summed E-state index contributed by atoms with van der Waals surface area (Å²) in [6.45, 7) is 0. The molecule has 0 aliphatic heterocycles. The third-order valence-corrected chi connectivity index (χ3v) is 13.0. The summed E-state index contributed by atoms with van der Waals surface area (Å²) in [5.74, 6) is 0. The molecule has 0 aliphatic carbocycles. The van der Waals surface area contributed by atoms with E-state index in [4.69, 9.17) is 0 Å². The van der Waals surface area contributed by atoms with Gasteiger partial charge in [-0.3, -0.25) is 0 Å². The van der Waals surface area contributed by atoms with Crippen molar-refractivity contribution in [3.05, 3.63) is 267 Å². The van der Waals surface area contributed by atoms with Gasteiger partial charge in [0.05, 0.1) is 11.0 Å². The molecule has 1 aromatic heterocycles. The standard InChI is InChI=1S/C64H44N2/c1-4-14-45(15-5-1)48-24-26-49(27-25-48)51-30-36-58(37-31-51)65(57-34-28-50(29-35-57)46-16-6-2-7-17-46)59-38-32-52(33-39-59)56-40-55(47-18-8-3-9-19-47)41-60(42-56)66-63-23-13-12-22-61(63)62-43-53-20-10-11-21-54(53)44-64(62)66/h1-44H. The minimum absolute atomic E-state index is 1.08. The average molecular weight is 841 g/mol. The van der Waals surface area contributed by atoms with Crippen LogP contribution in [-0.4, -0.2) is 4.57 Å². The highest BCUT2D eigenvalue weighted by Gasteiger charge is 2.18. The number of benzene rings is 11. The summed E-state index contributed by atoms with van der Waals surface area (Å²) in [5, 5.41) is 4.99. The number of hydrogen-bond donors (Lipinski definition) is 0. The fraction of sp³-hybridized carbons (Fsp3) is 0. The fourth-order valence-corrected chi connectivity index (χ4v) is 9.61. The van der Waals surface area contributed by atoms with Gasteiger partial charge in [-0.1, -0.05) is 194 Å². The first-order chi connectivity index (χ1) is 32.7. The van der Waals surface area contributed by atoms with Crippen molar-refractivity contribution in [2.75, 3.05) is 4.90 Å². The average Bonchev–Trinajstić information content (AvgIpc) is 3.72. The van der Waals surface area contributed by atoms with Gasteiger partial charge in [0.1, 0.15) is 0 Å². The monoisotopic (exact) mass is 840 g/mol. The molecule has 0 radical (unpaired) electrons. The number of hydrogen-bond acceptors (Lipinski definition) is 1. The van der Waals surface area contributed by atoms with Gasteiger partial charge in [0.25, 0.3) is 0 Å². The molecule has 66 heavy (non-hydrogen) atoms. The van der Waals surface area contributed by atoms with E-state index in [1.807, 2.05) is 0 Å². The molecule has 0 unspecified atom stereocenters. The minimum atomic E-state index is 1.08. The Morgan fingerprint density at radius 3 is 1.05 bits per heavy atom. The second kappa shape index (κ2) is 16.8. The molecule has 2 nitrogen and oxygen atoms in total. The topological polar surface area (TPSA) is 8.17 Å². The Morgan fingerprint density at radius 2 is 0.576 bits per heavy atom. The van der Waals surface area contributed by atoms with Gasteiger partial charge in [-0.15, -0.1) is 0 Å². The van der Waals surface area contributed by atoms with Crippen LogP contribution in [0.15, 0.2) is 267 Å². The summed E-state index contributed by atoms with van der Waals surface area (Å²) in [4.78, 5) is 2.36. The lowest BCUT2D eigenvalue weighted by Gasteiger charge is -2.26. The van der Waals surface area contributed by atoms with Crippen LogP contribution < -0.4 is 4.90 Å². The van der Waals surface area contributed by atoms with Crippen LogP contribution in [-0.2, 0) is 0 Å². The Bertz CT molecular complexity index is 3630. The lowest BCUT2D eigenvalue weighted by molar-refractivity contribution is 1.18. The Morgan fingerprint density at radius 1 is 0.227 bits per heavy atom. The molecule has 11 aromatic carbocycles. The quantitative estimate of drug-likeness (QED) is 0.141. The minimum Gasteiger partial charge on any atom is -0.311 e. The van der Waals surface area contributed by atoms with Gasteiger partial charge in [0.2, 0.25) is 0 Å². The zero-order valence-electron chi connectivity index (χ0n) is 36.3. The van der Waals surface area contributed by atoms with Gasteiger partial charge < -0.3 is 9.47 Å². The van der Waals surface area contributed by atoms with Crippen molar-refractivity contribution in [3.8, 4) is 61.3 Å². The normalized spacial score (nSPS) is 11.3. The van der Waals surface area contributed by atoms with E-state index < -0.39 is 0 Å². The predicted octanol–water partition coefficient (Wildman–Crippen LogP) is 17.7. The highest BCUT2D eigenvalue weighted by atomic mass is 15.1. The third-order valence-electron chi connectivity index (χ3n) is 13.0. The summed E-state index contributed by atoms with van der Waals surface area (Å²) in [6, 6.07) is 96.9. The largest absolute Gasteiger partial charge is 0.311 e. The molecule has 0 atom stereocenters. The number of nitrogens with zero attached hydrogens (tertiary/aromatic N) is 2. The van der Waals surface area contributed by atoms with Crippen LogP contribution in [0.3, 0.4) is 0 Å². The molecule has 2 heteroatoms. The third kappa shape index (κ3) is 7.31. The Hall–Kier alpha value is -8.72. The summed E-state index contributed by atoms with van der Waals surface area (Å²) >= 11 is 0. The van der Waals surface area contributed by atoms with Gasteiger partial charge >= 0.3 is 0 Å². The first-order valence-corrected chi connectivity index (χ1v) is 22.7. The molecule has 0 amide bonds. The number of para-hydroxylation sites is 1. The molecular weight excluding hydrogens is 797 g/mol. The van der Waals surface area contributed by atoms with E-state index in [2.05, 4.69) is 276 Å². The lowest BCUT2D eigenvalue weighted by atomic mass is 9.97. The smallest absolute Gasteiger partial charge is 0.0547 e. The van der Waals surface area contributed by atoms with E-state index in [9.17, 15) is 0 Å². The molecular formula is C64H44N2. The van der Waals surface area contributed by atoms with Crippen molar-refractivity contribution in [2.45, 2.75) is 0 Å². The second-order valence-electron chi connectivity index (χ2n) is 17.0. The Labute approximate surface area is 385 Å². The van der Waals surface area contributed by atoms with Crippen LogP contribution in [0.4, 0.5) is 17.1 Å². The van der Waals surface area contributed by atoms with Crippen LogP contribution in [0, 0.1) is 0 Å². The molecule has 12 rings (SSSR count). The molecule has 0 saturated heterocycles. The molecule has 1 heterocycles. The van der Waals surface area contributed by atoms with E-state index in [-0.39, 0.29) is 0 Å². The maximum absolute atomic E-state index is 2.45. The van der Waals surface area contributed by atoms with E-state index in [0.29, 0.717) is 0 Å². The van der Waals surface area contributed by atoms with Crippen molar-refractivity contribution in [1.82, 2.24) is 4.57 Å². The molecule has 0 aliphatic rings. The molecule has 0 saturated carbocycles. The first-order valence-electron chi connectivity index (χ1n) is 22.7. The first kappa shape index (κ1) is 38.9. The molecule has 0 bridgehead atoms. The van der Waals surface area contributed by atoms with E-state index in [1.54, 1.807) is 0 Å². The van der Waals surface area contributed by atoms with Crippen molar-refractivity contribution < 1.29 is 0 Å². The molecule has 0 N–H and O–H groups in total. The van der Waals surface area contributed by atoms with E-state index >= 15 is 0 Å². The van der Waals surface area contributed by atoms with Crippen LogP contribution >= 0.6 is 0 Å². The lowest BCUT2D eigenvalue weighted by Crippen LogP contribution is -2.09. The van der Waals surface area contributed by atoms with Crippen LogP contribution in [0.25, 0.3) is 93.9 Å². The Kier molecular flexibility index (Phi) is 9.89. The van der Waals surface area contributed by atoms with Crippen molar-refractivity contribution in [3.63, 3.8) is 0 Å². The zero-order valence-corrected chi connectivity index (χ0v) is 36.3. The number of aromatic nitrogens is 1. The molecule has 12 aromatic rings. The van der Waals surface area contributed by atoms with Gasteiger partial charge in [-0.05, 0) is 139 Å². The maximum atomic E-state index is 2.45. The highest BCUT2D eigenvalue weighted by Crippen LogP contribution is 2.41. The van der Waals surface area contributed by atoms with Crippen LogP contribution in [0.1, 0.15) is 0 Å². The van der Waals surface area contributed by atoms with Crippen LogP contribution in [0.2, 0.25) is 0 Å². The SMILES string of the molecule is c1ccc(-c2ccc(-c3ccc(N(c4ccc(-c5ccccc5)cc4)c4ccc(-c5cc(-c6ccccc6)cc(-n6c7ccccc7c7cc8ccccc8cc76)c5)cc4)cc3)cc2)cc1. The second-order valence-corrected chi connectivity index (χ2v) is 17.0. The predicted molar refractivity (Wildman–Crippen MR) is 280 cm³/mol. The summed E-state index contributed by atoms with van der Waals surface area (Å²) in [5.41, 5.74) is 18.7. The van der Waals surface area contributed by atoms with Gasteiger partial charge in [-0.2, -0.15) is 0 Å².